The molecule has 0 heterocycles. The standard InChI is InChI=1S/C9H11NO2.C5H11NO2.C5H13NO.C4H9NO2.C4H11NO2.C4H9NO2.3C3H7NO2.C2H5NO2/c1-12-9(11)8(10)7-5-3-2-4-6-7;6-4-2-1-3-5(7)8;1-2-7-5-3-4-6;1-3(5)4(6)7-2;5-1-3-7-4-2-6;5-3-1-2-4(6)7;1-6-3(5)2-4;1-2(4)3(5)6;4-2-1-3(5)6;3-1-2(4)5/h2-6,8H,10H2,1H3;1-4,6H2,(H,7,8);2-6H2,1H3;3H,5H2,1-2H3;6H,1-5H2;1-3,5H2,(H,6,7);2,4H2,1H3;2H,4H2,1H3,(H,5,6);1-2,4H2,(H,5,6);1,3H2,(H,4,5). The normalized spacial score (nSPS) is 10.1. The average Bonchev–Trinajstić information content (AvgIpc) is 3.34. The smallest absolute Gasteiger partial charge is 0.327 e. The molecule has 0 aliphatic heterocycles. The Kier molecular flexibility index (Phi) is 88.2. The number of carbonyl (C=O) groups is 8. The first-order valence-electron chi connectivity index (χ1n) is 21.6. The Labute approximate surface area is 417 Å². The van der Waals surface area contributed by atoms with Crippen LogP contribution in [0.2, 0.25) is 0 Å². The lowest BCUT2D eigenvalue weighted by atomic mass is 10.1. The lowest BCUT2D eigenvalue weighted by Crippen LogP contribution is -2.27. The van der Waals surface area contributed by atoms with Crippen molar-refractivity contribution in [3.05, 3.63) is 35.9 Å². The van der Waals surface area contributed by atoms with E-state index in [-0.39, 0.29) is 57.4 Å². The predicted molar refractivity (Wildman–Crippen MR) is 265 cm³/mol. The number of ether oxygens (including phenoxy) is 5. The number of nitrogens with two attached hydrogens (primary N) is 10. The van der Waals surface area contributed by atoms with Crippen LogP contribution < -0.4 is 57.3 Å². The summed E-state index contributed by atoms with van der Waals surface area (Å²) in [5.74, 6) is -5.45. The molecule has 3 atom stereocenters. The molecule has 0 radical (unpaired) electrons. The van der Waals surface area contributed by atoms with Crippen molar-refractivity contribution < 1.29 is 92.7 Å². The van der Waals surface area contributed by atoms with Gasteiger partial charge in [-0.25, -0.2) is 0 Å². The molecule has 0 amide bonds. The monoisotopic (exact) mass is 1040 g/mol. The Morgan fingerprint density at radius 2 is 0.944 bits per heavy atom. The van der Waals surface area contributed by atoms with E-state index in [0.29, 0.717) is 45.7 Å². The lowest BCUT2D eigenvalue weighted by Gasteiger charge is -2.08. The third kappa shape index (κ3) is 107. The first-order chi connectivity index (χ1) is 33.3. The number of hydrogen-bond acceptors (Lipinski definition) is 24. The zero-order valence-electron chi connectivity index (χ0n) is 42.3. The first-order valence-corrected chi connectivity index (χ1v) is 21.6. The topological polar surface area (TPSA) is 564 Å². The summed E-state index contributed by atoms with van der Waals surface area (Å²) in [4.78, 5) is 78.8. The van der Waals surface area contributed by atoms with Crippen molar-refractivity contribution in [3.63, 3.8) is 0 Å². The Hall–Kier alpha value is -5.54. The average molecular weight is 1040 g/mol. The van der Waals surface area contributed by atoms with E-state index >= 15 is 0 Å². The Balaban J connectivity index is -0.0000000869. The van der Waals surface area contributed by atoms with Crippen LogP contribution in [0.25, 0.3) is 0 Å². The highest BCUT2D eigenvalue weighted by Gasteiger charge is 2.14. The zero-order valence-corrected chi connectivity index (χ0v) is 42.3. The summed E-state index contributed by atoms with van der Waals surface area (Å²) in [5, 5.41) is 47.5. The summed E-state index contributed by atoms with van der Waals surface area (Å²) in [6.07, 6.45) is 3.58. The molecular formula is C42H90N10O19. The van der Waals surface area contributed by atoms with Crippen molar-refractivity contribution in [2.45, 2.75) is 83.8 Å². The quantitative estimate of drug-likeness (QED) is 0.0290. The van der Waals surface area contributed by atoms with Crippen LogP contribution in [-0.2, 0) is 62.0 Å². The maximum atomic E-state index is 11.0. The van der Waals surface area contributed by atoms with E-state index in [0.717, 1.165) is 38.2 Å². The van der Waals surface area contributed by atoms with Crippen LogP contribution in [0.15, 0.2) is 30.3 Å². The molecule has 1 aromatic carbocycles. The zero-order chi connectivity index (χ0) is 57.4. The number of esters is 3. The minimum Gasteiger partial charge on any atom is -0.481 e. The molecule has 0 saturated heterocycles. The highest BCUT2D eigenvalue weighted by atomic mass is 16.5. The minimum atomic E-state index is -0.968. The molecule has 1 aromatic rings. The molecule has 0 fully saturated rings. The van der Waals surface area contributed by atoms with E-state index < -0.39 is 53.9 Å². The fraction of sp³-hybridized carbons (Fsp3) is 0.667. The van der Waals surface area contributed by atoms with Crippen molar-refractivity contribution >= 4 is 47.8 Å². The first kappa shape index (κ1) is 85.3. The van der Waals surface area contributed by atoms with Gasteiger partial charge in [0.15, 0.2) is 0 Å². The second-order valence-corrected chi connectivity index (χ2v) is 12.6. The summed E-state index contributed by atoms with van der Waals surface area (Å²) in [7, 11) is 3.94. The lowest BCUT2D eigenvalue weighted by molar-refractivity contribution is -0.142. The van der Waals surface area contributed by atoms with E-state index in [1.807, 2.05) is 25.1 Å². The van der Waals surface area contributed by atoms with Gasteiger partial charge >= 0.3 is 47.8 Å². The van der Waals surface area contributed by atoms with Crippen LogP contribution in [0.5, 0.6) is 0 Å². The van der Waals surface area contributed by atoms with Gasteiger partial charge in [0.25, 0.3) is 0 Å². The van der Waals surface area contributed by atoms with E-state index in [1.54, 1.807) is 19.1 Å². The molecule has 0 aliphatic carbocycles. The molecule has 3 unspecified atom stereocenters. The predicted octanol–water partition coefficient (Wildman–Crippen LogP) is -3.31. The van der Waals surface area contributed by atoms with Crippen LogP contribution in [0.1, 0.15) is 77.3 Å². The van der Waals surface area contributed by atoms with Gasteiger partial charge in [0.1, 0.15) is 18.1 Å². The molecule has 29 nitrogen and oxygen atoms in total. The highest BCUT2D eigenvalue weighted by Crippen LogP contribution is 2.10. The van der Waals surface area contributed by atoms with E-state index in [1.165, 1.54) is 28.3 Å². The number of benzene rings is 1. The van der Waals surface area contributed by atoms with Gasteiger partial charge in [0.05, 0.1) is 60.7 Å². The molecule has 26 N–H and O–H groups in total. The maximum Gasteiger partial charge on any atom is 0.327 e. The van der Waals surface area contributed by atoms with Gasteiger partial charge in [0, 0.05) is 39.1 Å². The summed E-state index contributed by atoms with van der Waals surface area (Å²) >= 11 is 0. The molecule has 29 heteroatoms. The Morgan fingerprint density at radius 1 is 0.507 bits per heavy atom. The molecule has 71 heavy (non-hydrogen) atoms. The number of aliphatic hydroxyl groups is 1. The van der Waals surface area contributed by atoms with Gasteiger partial charge < -0.3 is 112 Å². The number of unbranched alkanes of at least 4 members (excludes halogenated alkanes) is 1. The van der Waals surface area contributed by atoms with Crippen LogP contribution in [-0.4, -0.2) is 191 Å². The molecule has 0 aliphatic rings. The van der Waals surface area contributed by atoms with Gasteiger partial charge in [-0.2, -0.15) is 0 Å². The number of carboxylic acid groups (broad SMARTS) is 5. The maximum absolute atomic E-state index is 11.0. The van der Waals surface area contributed by atoms with Gasteiger partial charge in [-0.3, -0.25) is 38.4 Å². The molecule has 422 valence electrons. The largest absolute Gasteiger partial charge is 0.481 e. The van der Waals surface area contributed by atoms with Gasteiger partial charge in [-0.1, -0.05) is 30.3 Å². The summed E-state index contributed by atoms with van der Waals surface area (Å²) in [5.41, 5.74) is 50.9. The fourth-order valence-corrected chi connectivity index (χ4v) is 2.57. The summed E-state index contributed by atoms with van der Waals surface area (Å²) < 4.78 is 22.6. The van der Waals surface area contributed by atoms with Crippen molar-refractivity contribution in [2.24, 2.45) is 57.3 Å². The van der Waals surface area contributed by atoms with Crippen LogP contribution in [0.4, 0.5) is 0 Å². The van der Waals surface area contributed by atoms with E-state index in [4.69, 9.17) is 91.7 Å². The number of aliphatic carboxylic acids is 5. The summed E-state index contributed by atoms with van der Waals surface area (Å²) in [6, 6.07) is 7.22. The SMILES string of the molecule is CC(N)C(=O)O.CCOCCCN.COC(=O)C(C)N.COC(=O)C(N)c1ccccc1.COC(=O)CN.NCC(=O)O.NCCC(=O)O.NCCCC(=O)O.NCCCCC(=O)O.NCCOCCO. The fourth-order valence-electron chi connectivity index (χ4n) is 2.57. The summed E-state index contributed by atoms with van der Waals surface area (Å²) in [6.45, 7) is 9.86. The molecule has 0 saturated carbocycles. The number of hydrogen-bond donors (Lipinski definition) is 16. The number of carboxylic acids is 5. The molecule has 1 rings (SSSR count). The third-order valence-electron chi connectivity index (χ3n) is 6.14. The second kappa shape index (κ2) is 73.4. The van der Waals surface area contributed by atoms with Crippen molar-refractivity contribution in [3.8, 4) is 0 Å². The van der Waals surface area contributed by atoms with Crippen molar-refractivity contribution in [1.82, 2.24) is 0 Å². The van der Waals surface area contributed by atoms with Gasteiger partial charge in [-0.15, -0.1) is 0 Å². The van der Waals surface area contributed by atoms with Gasteiger partial charge in [0.2, 0.25) is 0 Å². The van der Waals surface area contributed by atoms with Crippen molar-refractivity contribution in [1.29, 1.82) is 0 Å². The highest BCUT2D eigenvalue weighted by molar-refractivity contribution is 5.77. The third-order valence-corrected chi connectivity index (χ3v) is 6.14. The second-order valence-electron chi connectivity index (χ2n) is 12.6. The Morgan fingerprint density at radius 3 is 1.17 bits per heavy atom. The number of methoxy groups -OCH3 is 3. The molecule has 0 aromatic heterocycles. The van der Waals surface area contributed by atoms with Crippen LogP contribution in [0.3, 0.4) is 0 Å². The van der Waals surface area contributed by atoms with E-state index in [9.17, 15) is 38.4 Å². The molecule has 0 spiro atoms. The van der Waals surface area contributed by atoms with Gasteiger partial charge in [-0.05, 0) is 71.7 Å². The van der Waals surface area contributed by atoms with E-state index in [2.05, 4.69) is 19.9 Å². The number of carbonyl (C=O) groups excluding carboxylic acids is 3. The number of aliphatic hydroxyl groups excluding tert-OH is 1. The minimum absolute atomic E-state index is 0.0312. The number of rotatable bonds is 23. The van der Waals surface area contributed by atoms with Crippen LogP contribution >= 0.6 is 0 Å². The molecule has 0 bridgehead atoms. The Bertz CT molecular complexity index is 1330. The van der Waals surface area contributed by atoms with Crippen LogP contribution in [0, 0.1) is 0 Å². The molecular weight excluding hydrogens is 949 g/mol. The van der Waals surface area contributed by atoms with Crippen molar-refractivity contribution in [2.75, 3.05) is 100 Å².